The van der Waals surface area contributed by atoms with Crippen LogP contribution >= 0.6 is 0 Å². The molecule has 1 atom stereocenters. The molecule has 0 bridgehead atoms. The van der Waals surface area contributed by atoms with Crippen molar-refractivity contribution in [3.63, 3.8) is 0 Å². The van der Waals surface area contributed by atoms with E-state index in [1.807, 2.05) is 0 Å². The van der Waals surface area contributed by atoms with E-state index in [2.05, 4.69) is 38.0 Å². The molecule has 2 aliphatic heterocycles. The van der Waals surface area contributed by atoms with E-state index in [1.165, 1.54) is 135 Å². The van der Waals surface area contributed by atoms with Crippen LogP contribution in [0.3, 0.4) is 0 Å². The number of hydrogen-bond acceptors (Lipinski definition) is 6. The van der Waals surface area contributed by atoms with Crippen LogP contribution in [0.2, 0.25) is 0 Å². The Hall–Kier alpha value is -0.240. The summed E-state index contributed by atoms with van der Waals surface area (Å²) in [7, 11) is 0. The van der Waals surface area contributed by atoms with Crippen LogP contribution in [0.4, 0.5) is 0 Å². The van der Waals surface area contributed by atoms with E-state index in [9.17, 15) is 0 Å². The summed E-state index contributed by atoms with van der Waals surface area (Å²) in [6.45, 7) is 15.2. The first-order valence-corrected chi connectivity index (χ1v) is 17.2. The predicted octanol–water partition coefficient (Wildman–Crippen LogP) is 4.75. The monoisotopic (exact) mass is 535 g/mol. The van der Waals surface area contributed by atoms with Crippen molar-refractivity contribution in [2.24, 2.45) is 0 Å². The fraction of sp³-hybridized carbons (Fsp3) is 1.00. The molecule has 4 aliphatic rings. The molecule has 224 valence electrons. The lowest BCUT2D eigenvalue weighted by molar-refractivity contribution is 0.115. The second-order valence-corrected chi connectivity index (χ2v) is 12.5. The topological polar surface area (TPSA) is 54.6 Å². The van der Waals surface area contributed by atoms with Crippen LogP contribution in [0.15, 0.2) is 0 Å². The lowest BCUT2D eigenvalue weighted by Crippen LogP contribution is -2.48. The van der Waals surface area contributed by atoms with Gasteiger partial charge in [-0.05, 0) is 32.1 Å². The Labute approximate surface area is 237 Å². The Morgan fingerprint density at radius 3 is 1.39 bits per heavy atom. The van der Waals surface area contributed by atoms with Gasteiger partial charge in [0, 0.05) is 90.1 Å². The van der Waals surface area contributed by atoms with Gasteiger partial charge in [0.15, 0.2) is 0 Å². The van der Waals surface area contributed by atoms with Gasteiger partial charge in [0.05, 0.1) is 0 Å². The van der Waals surface area contributed by atoms with E-state index >= 15 is 0 Å². The maximum atomic E-state index is 3.63. The molecule has 0 aromatic rings. The van der Waals surface area contributed by atoms with Crippen LogP contribution in [0.1, 0.15) is 116 Å². The second-order valence-electron chi connectivity index (χ2n) is 12.5. The van der Waals surface area contributed by atoms with E-state index in [1.54, 1.807) is 0 Å². The smallest absolute Gasteiger partial charge is 0.0221 e. The fourth-order valence-corrected chi connectivity index (χ4v) is 7.21. The number of hydrogen-bond donors (Lipinski definition) is 4. The molecular weight excluding hydrogens is 468 g/mol. The van der Waals surface area contributed by atoms with Gasteiger partial charge in [-0.15, -0.1) is 0 Å². The van der Waals surface area contributed by atoms with Crippen molar-refractivity contribution in [1.82, 2.24) is 31.1 Å². The highest BCUT2D eigenvalue weighted by molar-refractivity contribution is 4.83. The van der Waals surface area contributed by atoms with E-state index < -0.39 is 0 Å². The lowest BCUT2D eigenvalue weighted by Gasteiger charge is -2.38. The zero-order chi connectivity index (χ0) is 26.5. The molecule has 0 amide bonds. The highest BCUT2D eigenvalue weighted by Gasteiger charge is 2.25. The molecular formula is C32H66N6. The summed E-state index contributed by atoms with van der Waals surface area (Å²) >= 11 is 0. The van der Waals surface area contributed by atoms with Gasteiger partial charge in [0.1, 0.15) is 0 Å². The summed E-state index contributed by atoms with van der Waals surface area (Å²) in [6, 6.07) is 2.42. The number of rotatable bonds is 3. The minimum Gasteiger partial charge on any atom is -0.314 e. The van der Waals surface area contributed by atoms with Crippen molar-refractivity contribution in [2.45, 2.75) is 134 Å². The van der Waals surface area contributed by atoms with E-state index in [0.29, 0.717) is 0 Å². The summed E-state index contributed by atoms with van der Waals surface area (Å²) in [5.74, 6) is 0. The zero-order valence-corrected chi connectivity index (χ0v) is 25.4. The normalized spacial score (nSPS) is 28.5. The summed E-state index contributed by atoms with van der Waals surface area (Å²) in [5.41, 5.74) is 0. The summed E-state index contributed by atoms with van der Waals surface area (Å²) in [5, 5.41) is 14.3. The van der Waals surface area contributed by atoms with Crippen LogP contribution in [-0.2, 0) is 0 Å². The molecule has 2 aliphatic carbocycles. The molecule has 1 unspecified atom stereocenters. The van der Waals surface area contributed by atoms with Gasteiger partial charge < -0.3 is 21.3 Å². The SMILES string of the molecule is C1CCCCC(N2CCNCCNCC2)CCC1.CCC1CNCCNCCN1C1CCCCCCCC1. The Morgan fingerprint density at radius 1 is 0.474 bits per heavy atom. The van der Waals surface area contributed by atoms with E-state index in [4.69, 9.17) is 0 Å². The third-order valence-corrected chi connectivity index (χ3v) is 9.61. The quantitative estimate of drug-likeness (QED) is 0.419. The van der Waals surface area contributed by atoms with Crippen molar-refractivity contribution in [3.05, 3.63) is 0 Å². The fourth-order valence-electron chi connectivity index (χ4n) is 7.21. The van der Waals surface area contributed by atoms with Gasteiger partial charge in [-0.2, -0.15) is 0 Å². The average Bonchev–Trinajstić information content (AvgIpc) is 3.29. The van der Waals surface area contributed by atoms with Gasteiger partial charge in [0.2, 0.25) is 0 Å². The molecule has 0 aromatic heterocycles. The van der Waals surface area contributed by atoms with E-state index in [-0.39, 0.29) is 0 Å². The standard InChI is InChI=1S/C17H35N3.C15H31N3/c1-2-16-15-19-12-11-18-13-14-20(16)17-9-7-5-3-4-6-8-10-17;1-2-4-6-8-15(7-5-3-1)18-13-11-16-9-10-17-12-14-18/h16-19H,2-15H2,1H3;15-17H,1-14H2. The predicted molar refractivity (Wildman–Crippen MR) is 165 cm³/mol. The van der Waals surface area contributed by atoms with Crippen molar-refractivity contribution in [2.75, 3.05) is 72.0 Å². The zero-order valence-electron chi connectivity index (χ0n) is 25.4. The van der Waals surface area contributed by atoms with Crippen LogP contribution < -0.4 is 21.3 Å². The lowest BCUT2D eigenvalue weighted by atomic mass is 10.00. The van der Waals surface area contributed by atoms with Gasteiger partial charge in [-0.1, -0.05) is 84.0 Å². The molecule has 6 heteroatoms. The highest BCUT2D eigenvalue weighted by Crippen LogP contribution is 2.24. The Morgan fingerprint density at radius 2 is 0.895 bits per heavy atom. The first-order chi connectivity index (χ1) is 18.9. The third-order valence-electron chi connectivity index (χ3n) is 9.61. The molecule has 2 saturated carbocycles. The molecule has 0 spiro atoms. The van der Waals surface area contributed by atoms with Crippen LogP contribution in [0, 0.1) is 0 Å². The van der Waals surface area contributed by atoms with Crippen molar-refractivity contribution < 1.29 is 0 Å². The van der Waals surface area contributed by atoms with Crippen molar-refractivity contribution >= 4 is 0 Å². The maximum absolute atomic E-state index is 3.63. The molecule has 4 fully saturated rings. The average molecular weight is 535 g/mol. The summed E-state index contributed by atoms with van der Waals surface area (Å²) in [6.07, 6.45) is 24.5. The Balaban J connectivity index is 0.000000212. The number of nitrogens with one attached hydrogen (secondary N) is 4. The van der Waals surface area contributed by atoms with Crippen LogP contribution in [0.5, 0.6) is 0 Å². The number of nitrogens with zero attached hydrogens (tertiary/aromatic N) is 2. The maximum Gasteiger partial charge on any atom is 0.0221 e. The molecule has 38 heavy (non-hydrogen) atoms. The van der Waals surface area contributed by atoms with Crippen molar-refractivity contribution in [3.8, 4) is 0 Å². The molecule has 0 aromatic carbocycles. The Kier molecular flexibility index (Phi) is 18.3. The minimum absolute atomic E-state index is 0.737. The summed E-state index contributed by atoms with van der Waals surface area (Å²) in [4.78, 5) is 5.59. The van der Waals surface area contributed by atoms with Gasteiger partial charge >= 0.3 is 0 Å². The Bertz CT molecular complexity index is 494. The molecule has 4 rings (SSSR count). The second kappa shape index (κ2) is 21.5. The molecule has 2 saturated heterocycles. The van der Waals surface area contributed by atoms with Crippen LogP contribution in [0.25, 0.3) is 0 Å². The van der Waals surface area contributed by atoms with Crippen LogP contribution in [-0.4, -0.2) is 99.9 Å². The summed E-state index contributed by atoms with van der Waals surface area (Å²) < 4.78 is 0. The highest BCUT2D eigenvalue weighted by atomic mass is 15.2. The molecule has 0 radical (unpaired) electrons. The molecule has 4 N–H and O–H groups in total. The minimum atomic E-state index is 0.737. The van der Waals surface area contributed by atoms with Crippen molar-refractivity contribution in [1.29, 1.82) is 0 Å². The van der Waals surface area contributed by atoms with Gasteiger partial charge in [0.25, 0.3) is 0 Å². The largest absolute Gasteiger partial charge is 0.314 e. The molecule has 2 heterocycles. The van der Waals surface area contributed by atoms with E-state index in [0.717, 1.165) is 63.9 Å². The first-order valence-electron chi connectivity index (χ1n) is 17.2. The van der Waals surface area contributed by atoms with Gasteiger partial charge in [-0.3, -0.25) is 9.80 Å². The third kappa shape index (κ3) is 13.4. The first kappa shape index (κ1) is 32.3. The molecule has 6 nitrogen and oxygen atoms in total. The van der Waals surface area contributed by atoms with Gasteiger partial charge in [-0.25, -0.2) is 0 Å².